The monoisotopic (exact) mass is 594 g/mol. The molecule has 1 aromatic carbocycles. The van der Waals surface area contributed by atoms with E-state index in [-0.39, 0.29) is 29.9 Å². The average Bonchev–Trinajstić information content (AvgIpc) is 3.62. The number of nitrogens with zero attached hydrogens (tertiary/aromatic N) is 1. The van der Waals surface area contributed by atoms with Crippen LogP contribution in [-0.2, 0) is 20.7 Å². The minimum absolute atomic E-state index is 0.0467. The first kappa shape index (κ1) is 30.0. The van der Waals surface area contributed by atoms with Crippen molar-refractivity contribution >= 4 is 11.9 Å². The van der Waals surface area contributed by atoms with Gasteiger partial charge >= 0.3 is 5.97 Å². The Morgan fingerprint density at radius 1 is 1.16 bits per heavy atom. The van der Waals surface area contributed by atoms with E-state index in [1.54, 1.807) is 17.2 Å². The number of hydrogen-bond acceptors (Lipinski definition) is 8. The summed E-state index contributed by atoms with van der Waals surface area (Å²) in [5, 5.41) is 37.1. The zero-order valence-electron chi connectivity index (χ0n) is 25.4. The molecule has 4 aliphatic carbocycles. The maximum Gasteiger partial charge on any atom is 0.331 e. The number of aryl methyl sites for hydroxylation is 1. The molecule has 0 bridgehead atoms. The lowest BCUT2D eigenvalue weighted by molar-refractivity contribution is -0.134. The van der Waals surface area contributed by atoms with Gasteiger partial charge in [0, 0.05) is 25.1 Å². The van der Waals surface area contributed by atoms with Crippen molar-refractivity contribution in [2.45, 2.75) is 114 Å². The second-order valence-electron chi connectivity index (χ2n) is 13.2. The molecule has 1 heterocycles. The summed E-state index contributed by atoms with van der Waals surface area (Å²) in [6.45, 7) is 5.54. The van der Waals surface area contributed by atoms with Gasteiger partial charge in [-0.3, -0.25) is 9.80 Å². The highest BCUT2D eigenvalue weighted by Gasteiger charge is 2.56. The number of amides is 1. The van der Waals surface area contributed by atoms with Crippen molar-refractivity contribution in [3.8, 4) is 5.75 Å². The van der Waals surface area contributed by atoms with Crippen LogP contribution in [-0.4, -0.2) is 62.1 Å². The number of carboxylic acids is 1. The van der Waals surface area contributed by atoms with E-state index in [0.717, 1.165) is 44.9 Å². The maximum absolute atomic E-state index is 12.3. The molecule has 6 N–H and O–H groups in total. The molecular weight excluding hydrogens is 548 g/mol. The van der Waals surface area contributed by atoms with Crippen LogP contribution in [0, 0.1) is 17.8 Å². The van der Waals surface area contributed by atoms with Crippen molar-refractivity contribution < 1.29 is 29.6 Å². The van der Waals surface area contributed by atoms with Crippen molar-refractivity contribution in [1.82, 2.24) is 21.3 Å². The van der Waals surface area contributed by atoms with Crippen LogP contribution in [0.5, 0.6) is 5.75 Å². The number of aliphatic hydroxyl groups is 1. The Morgan fingerprint density at radius 2 is 1.95 bits per heavy atom. The largest absolute Gasteiger partial charge is 0.508 e. The molecule has 0 radical (unpaired) electrons. The van der Waals surface area contributed by atoms with Crippen LogP contribution in [0.3, 0.4) is 0 Å². The summed E-state index contributed by atoms with van der Waals surface area (Å²) in [4.78, 5) is 24.5. The molecule has 1 aliphatic heterocycles. The number of hydrogen-bond donors (Lipinski definition) is 6. The Morgan fingerprint density at radius 3 is 2.67 bits per heavy atom. The minimum Gasteiger partial charge on any atom is -0.508 e. The Kier molecular flexibility index (Phi) is 8.21. The van der Waals surface area contributed by atoms with E-state index in [1.165, 1.54) is 18.1 Å². The smallest absolute Gasteiger partial charge is 0.331 e. The van der Waals surface area contributed by atoms with E-state index in [9.17, 15) is 24.9 Å². The average molecular weight is 595 g/mol. The number of aromatic hydroxyl groups is 1. The van der Waals surface area contributed by atoms with Gasteiger partial charge in [0.2, 0.25) is 5.91 Å². The first-order valence-electron chi connectivity index (χ1n) is 16.1. The van der Waals surface area contributed by atoms with Gasteiger partial charge in [-0.15, -0.1) is 5.53 Å². The number of aliphatic carboxylic acids is 1. The van der Waals surface area contributed by atoms with Crippen molar-refractivity contribution in [2.24, 2.45) is 17.8 Å². The van der Waals surface area contributed by atoms with Crippen LogP contribution in [0.1, 0.15) is 89.2 Å². The number of phenolic OH excluding ortho intramolecular Hbond substituents is 1. The van der Waals surface area contributed by atoms with Crippen LogP contribution in [0.15, 0.2) is 41.7 Å². The number of carbonyl (C=O) groups is 2. The summed E-state index contributed by atoms with van der Waals surface area (Å²) in [5.41, 5.74) is 8.94. The lowest BCUT2D eigenvalue weighted by Gasteiger charge is -2.46. The molecule has 5 aliphatic rings. The number of fused-ring (bicyclic) bond motifs is 5. The van der Waals surface area contributed by atoms with Gasteiger partial charge in [0.15, 0.2) is 0 Å². The molecule has 6 rings (SSSR count). The van der Waals surface area contributed by atoms with Crippen LogP contribution in [0.2, 0.25) is 0 Å². The number of phenols is 1. The molecule has 1 amide bonds. The standard InChI is InChI=1S/C33H46N4O6/c1-4-22(5-2)43-29-16-20(32(40)41)15-28(31(29)34-18(3)38)37-17-30(35-36-37)33(42)13-12-26-25-8-6-19-14-21(39)7-9-23(19)24(25)10-11-27(26)33/h7,9,14-15,17,22,24-29,31,35-36,39,42H,4-6,8,10-13,16H2,1-3H3,(H,34,38)(H,40,41)/t24-,25-,26?,27?,28+,29-,31-,33+/m1/s1. The van der Waals surface area contributed by atoms with E-state index >= 15 is 0 Å². The van der Waals surface area contributed by atoms with Crippen LogP contribution < -0.4 is 16.3 Å². The summed E-state index contributed by atoms with van der Waals surface area (Å²) in [6.07, 6.45) is 10.3. The summed E-state index contributed by atoms with van der Waals surface area (Å²) in [5.74, 6) is 0.591. The molecule has 2 unspecified atom stereocenters. The van der Waals surface area contributed by atoms with Gasteiger partial charge in [0.05, 0.1) is 30.0 Å². The van der Waals surface area contributed by atoms with Gasteiger partial charge in [-0.05, 0) is 104 Å². The Bertz CT molecular complexity index is 1310. The zero-order chi connectivity index (χ0) is 30.5. The molecule has 234 valence electrons. The van der Waals surface area contributed by atoms with Crippen LogP contribution in [0.4, 0.5) is 0 Å². The number of benzene rings is 1. The molecule has 0 saturated heterocycles. The molecule has 0 spiro atoms. The summed E-state index contributed by atoms with van der Waals surface area (Å²) in [6, 6.07) is 4.78. The normalized spacial score (nSPS) is 34.9. The van der Waals surface area contributed by atoms with E-state index in [2.05, 4.69) is 22.3 Å². The Hall–Kier alpha value is -3.08. The molecule has 8 atom stereocenters. The quantitative estimate of drug-likeness (QED) is 0.266. The van der Waals surface area contributed by atoms with Crippen molar-refractivity contribution in [1.29, 1.82) is 0 Å². The van der Waals surface area contributed by atoms with Crippen LogP contribution >= 0.6 is 0 Å². The molecular formula is C33H46N4O6. The second-order valence-corrected chi connectivity index (χ2v) is 13.2. The molecule has 1 aromatic rings. The summed E-state index contributed by atoms with van der Waals surface area (Å²) >= 11 is 0. The molecule has 2 fully saturated rings. The number of carbonyl (C=O) groups excluding carboxylic acids is 1. The van der Waals surface area contributed by atoms with Gasteiger partial charge in [-0.1, -0.05) is 19.9 Å². The highest BCUT2D eigenvalue weighted by Crippen LogP contribution is 2.59. The lowest BCUT2D eigenvalue weighted by Crippen LogP contribution is -2.60. The lowest BCUT2D eigenvalue weighted by atomic mass is 9.59. The number of rotatable bonds is 8. The third-order valence-electron chi connectivity index (χ3n) is 11.0. The number of nitrogens with one attached hydrogen (secondary N) is 3. The molecule has 10 nitrogen and oxygen atoms in total. The molecule has 0 aromatic heterocycles. The van der Waals surface area contributed by atoms with E-state index in [0.29, 0.717) is 35.6 Å². The van der Waals surface area contributed by atoms with E-state index < -0.39 is 29.8 Å². The third-order valence-corrected chi connectivity index (χ3v) is 11.0. The summed E-state index contributed by atoms with van der Waals surface area (Å²) < 4.78 is 6.39. The van der Waals surface area contributed by atoms with Gasteiger partial charge in [-0.2, -0.15) is 0 Å². The zero-order valence-corrected chi connectivity index (χ0v) is 25.4. The Balaban J connectivity index is 1.25. The van der Waals surface area contributed by atoms with Crippen molar-refractivity contribution in [3.63, 3.8) is 0 Å². The highest BCUT2D eigenvalue weighted by molar-refractivity contribution is 5.87. The van der Waals surface area contributed by atoms with Gasteiger partial charge in [0.25, 0.3) is 0 Å². The molecule has 43 heavy (non-hydrogen) atoms. The Labute approximate surface area is 253 Å². The minimum atomic E-state index is -1.03. The van der Waals surface area contributed by atoms with Gasteiger partial charge < -0.3 is 30.8 Å². The predicted molar refractivity (Wildman–Crippen MR) is 160 cm³/mol. The summed E-state index contributed by atoms with van der Waals surface area (Å²) in [7, 11) is 0. The van der Waals surface area contributed by atoms with Gasteiger partial charge in [0.1, 0.15) is 11.4 Å². The fourth-order valence-electron chi connectivity index (χ4n) is 8.93. The first-order valence-corrected chi connectivity index (χ1v) is 16.1. The molecule has 2 saturated carbocycles. The maximum atomic E-state index is 12.3. The van der Waals surface area contributed by atoms with Crippen molar-refractivity contribution in [2.75, 3.05) is 0 Å². The molecule has 10 heteroatoms. The number of hydrazine groups is 2. The van der Waals surface area contributed by atoms with Crippen LogP contribution in [0.25, 0.3) is 0 Å². The highest BCUT2D eigenvalue weighted by atomic mass is 16.5. The fourth-order valence-corrected chi connectivity index (χ4v) is 8.93. The topological polar surface area (TPSA) is 143 Å². The van der Waals surface area contributed by atoms with E-state index in [1.807, 2.05) is 26.1 Å². The fraction of sp³-hybridized carbons (Fsp3) is 0.636. The first-order chi connectivity index (χ1) is 20.6. The third kappa shape index (κ3) is 5.42. The number of ether oxygens (including phenoxy) is 1. The van der Waals surface area contributed by atoms with E-state index in [4.69, 9.17) is 4.74 Å². The SMILES string of the molecule is CCC(CC)O[C@@H]1CC(C(=O)O)=C[C@H](N2C=C([C@]3(O)CCC4C3CC[C@@H]3c5ccc(O)cc5CC[C@@H]43)NN2)[C@H]1NC(C)=O. The van der Waals surface area contributed by atoms with Crippen molar-refractivity contribution in [3.05, 3.63) is 52.9 Å². The number of carboxylic acid groups (broad SMARTS) is 1. The second kappa shape index (κ2) is 11.8. The predicted octanol–water partition coefficient (Wildman–Crippen LogP) is 3.62. The van der Waals surface area contributed by atoms with Gasteiger partial charge in [-0.25, -0.2) is 4.79 Å².